The number of hydrogen-bond acceptors (Lipinski definition) is 6. The third-order valence-corrected chi connectivity index (χ3v) is 8.84. The van der Waals surface area contributed by atoms with E-state index in [2.05, 4.69) is 61.5 Å². The first-order chi connectivity index (χ1) is 16.7. The van der Waals surface area contributed by atoms with Crippen molar-refractivity contribution in [3.8, 4) is 0 Å². The smallest absolute Gasteiger partial charge is 1.00 e. The van der Waals surface area contributed by atoms with Gasteiger partial charge in [0.25, 0.3) is 0 Å². The van der Waals surface area contributed by atoms with Gasteiger partial charge in [-0.1, -0.05) is 0 Å². The zero-order valence-corrected chi connectivity index (χ0v) is 27.9. The van der Waals surface area contributed by atoms with Crippen LogP contribution in [0.25, 0.3) is 11.1 Å². The summed E-state index contributed by atoms with van der Waals surface area (Å²) in [7, 11) is 0. The minimum absolute atomic E-state index is 0. The van der Waals surface area contributed by atoms with Crippen LogP contribution in [0.5, 0.6) is 0 Å². The zero-order valence-electron chi connectivity index (χ0n) is 20.6. The Morgan fingerprint density at radius 2 is 0.919 bits per heavy atom. The van der Waals surface area contributed by atoms with Crippen molar-refractivity contribution in [3.05, 3.63) is 127 Å². The molecule has 190 valence electrons. The van der Waals surface area contributed by atoms with Crippen molar-refractivity contribution in [2.75, 3.05) is 25.0 Å². The molecule has 9 heteroatoms. The topological polar surface area (TPSA) is 26.3 Å². The van der Waals surface area contributed by atoms with Crippen molar-refractivity contribution in [1.29, 1.82) is 0 Å². The molecule has 0 fully saturated rings. The summed E-state index contributed by atoms with van der Waals surface area (Å²) in [4.78, 5) is 5.29. The normalized spacial score (nSPS) is 16.6. The van der Waals surface area contributed by atoms with Gasteiger partial charge in [-0.05, 0) is 108 Å². The summed E-state index contributed by atoms with van der Waals surface area (Å²) >= 11 is 7.15. The summed E-state index contributed by atoms with van der Waals surface area (Å²) in [6, 6.07) is 7.91. The summed E-state index contributed by atoms with van der Waals surface area (Å²) in [6.45, 7) is 0. The molecule has 4 aliphatic rings. The van der Waals surface area contributed by atoms with E-state index in [-0.39, 0.29) is 51.0 Å². The van der Waals surface area contributed by atoms with Gasteiger partial charge in [-0.2, -0.15) is 0 Å². The Kier molecular flexibility index (Phi) is 12.9. The molecule has 6 rings (SSSR count). The minimum Gasteiger partial charge on any atom is -1.00 e. The van der Waals surface area contributed by atoms with E-state index in [1.165, 1.54) is 53.1 Å². The van der Waals surface area contributed by atoms with E-state index in [9.17, 15) is 0 Å². The van der Waals surface area contributed by atoms with Gasteiger partial charge in [-0.25, -0.2) is 0 Å². The van der Waals surface area contributed by atoms with Crippen LogP contribution < -0.4 is 24.8 Å². The van der Waals surface area contributed by atoms with E-state index < -0.39 is 0 Å². The fraction of sp³-hybridized carbons (Fsp3) is 0.143. The van der Waals surface area contributed by atoms with Crippen LogP contribution in [0, 0.1) is 0 Å². The van der Waals surface area contributed by atoms with Crippen LogP contribution in [-0.4, -0.2) is 25.0 Å². The van der Waals surface area contributed by atoms with Crippen molar-refractivity contribution >= 4 is 58.2 Å². The summed E-state index contributed by atoms with van der Waals surface area (Å²) in [6.07, 6.45) is 25.4. The van der Waals surface area contributed by atoms with Gasteiger partial charge in [-0.3, -0.25) is 0 Å². The molecule has 0 unspecified atom stereocenters. The SMILES string of the molecule is CSC1=CC2=C(c3ccco3)C=C(SC)C2=C1.CSC1=CC2=C(c3ccco3)C=C(SC)C2=C1.[Cl-].[Cl-].[Zr+2]. The Bertz CT molecular complexity index is 1270. The molecule has 4 aliphatic carbocycles. The maximum absolute atomic E-state index is 5.51. The van der Waals surface area contributed by atoms with Gasteiger partial charge in [0.1, 0.15) is 11.5 Å². The predicted molar refractivity (Wildman–Crippen MR) is 154 cm³/mol. The van der Waals surface area contributed by atoms with Crippen LogP contribution >= 0.6 is 47.0 Å². The van der Waals surface area contributed by atoms with Crippen molar-refractivity contribution in [2.24, 2.45) is 0 Å². The number of fused-ring (bicyclic) bond motifs is 2. The van der Waals surface area contributed by atoms with Crippen LogP contribution in [0.1, 0.15) is 11.5 Å². The average Bonchev–Trinajstić information content (AvgIpc) is 3.68. The molecular weight excluding hydrogens is 659 g/mol. The monoisotopic (exact) mass is 680 g/mol. The van der Waals surface area contributed by atoms with E-state index in [0.717, 1.165) is 11.5 Å². The second kappa shape index (κ2) is 14.6. The number of furan rings is 2. The first kappa shape index (κ1) is 32.6. The number of thioether (sulfide) groups is 4. The van der Waals surface area contributed by atoms with Crippen molar-refractivity contribution in [3.63, 3.8) is 0 Å². The molecule has 2 heterocycles. The molecule has 0 radical (unpaired) electrons. The Labute approximate surface area is 267 Å². The van der Waals surface area contributed by atoms with E-state index in [0.29, 0.717) is 0 Å². The Balaban J connectivity index is 0.000000241. The third kappa shape index (κ3) is 6.57. The minimum atomic E-state index is 0. The van der Waals surface area contributed by atoms with Gasteiger partial charge >= 0.3 is 26.2 Å². The van der Waals surface area contributed by atoms with Crippen LogP contribution in [-0.2, 0) is 26.2 Å². The summed E-state index contributed by atoms with van der Waals surface area (Å²) in [5.74, 6) is 1.90. The number of allylic oxidation sites excluding steroid dienone is 12. The zero-order chi connectivity index (χ0) is 23.7. The molecule has 0 saturated carbocycles. The maximum Gasteiger partial charge on any atom is 2.00 e. The van der Waals surface area contributed by atoms with E-state index in [4.69, 9.17) is 8.83 Å². The molecule has 0 amide bonds. The fourth-order valence-corrected chi connectivity index (χ4v) is 6.43. The Morgan fingerprint density at radius 1 is 0.514 bits per heavy atom. The second-order valence-corrected chi connectivity index (χ2v) is 11.1. The van der Waals surface area contributed by atoms with Crippen LogP contribution in [0.2, 0.25) is 0 Å². The number of hydrogen-bond donors (Lipinski definition) is 0. The Hall–Kier alpha value is -0.657. The summed E-state index contributed by atoms with van der Waals surface area (Å²) in [5, 5.41) is 0. The van der Waals surface area contributed by atoms with E-state index >= 15 is 0 Å². The molecule has 0 aromatic carbocycles. The maximum atomic E-state index is 5.51. The van der Waals surface area contributed by atoms with E-state index in [1.807, 2.05) is 24.3 Å². The van der Waals surface area contributed by atoms with Gasteiger partial charge < -0.3 is 33.6 Å². The summed E-state index contributed by atoms with van der Waals surface area (Å²) < 4.78 is 11.0. The summed E-state index contributed by atoms with van der Waals surface area (Å²) in [5.41, 5.74) is 7.69. The standard InChI is InChI=1S/2C14H12OS2.2ClH.Zr/c2*1-16-9-6-10-11(13-4-3-5-15-13)8-14(17-2)12(10)7-9;;;/h2*3-8H,1-2H3;2*1H;/q;;;;+2/p-2. The number of halogens is 2. The molecule has 0 atom stereocenters. The van der Waals surface area contributed by atoms with Gasteiger partial charge in [-0.15, -0.1) is 47.0 Å². The molecule has 0 saturated heterocycles. The third-order valence-electron chi connectivity index (χ3n) is 5.87. The molecule has 0 bridgehead atoms. The first-order valence-corrected chi connectivity index (χ1v) is 15.6. The molecular formula is C28H24Cl2O2S4Zr. The molecule has 0 spiro atoms. The van der Waals surface area contributed by atoms with Crippen LogP contribution in [0.4, 0.5) is 0 Å². The molecule has 0 aliphatic heterocycles. The van der Waals surface area contributed by atoms with Crippen molar-refractivity contribution < 1.29 is 59.9 Å². The Morgan fingerprint density at radius 3 is 1.22 bits per heavy atom. The van der Waals surface area contributed by atoms with Gasteiger partial charge in [0.15, 0.2) is 0 Å². The molecule has 2 aromatic rings. The second-order valence-electron chi connectivity index (χ2n) is 7.65. The van der Waals surface area contributed by atoms with Crippen molar-refractivity contribution in [2.45, 2.75) is 0 Å². The van der Waals surface area contributed by atoms with Crippen molar-refractivity contribution in [1.82, 2.24) is 0 Å². The van der Waals surface area contributed by atoms with Crippen LogP contribution in [0.3, 0.4) is 0 Å². The fourth-order valence-electron chi connectivity index (χ4n) is 4.23. The molecule has 37 heavy (non-hydrogen) atoms. The first-order valence-electron chi connectivity index (χ1n) is 10.7. The predicted octanol–water partition coefficient (Wildman–Crippen LogP) is 2.97. The largest absolute Gasteiger partial charge is 2.00 e. The van der Waals surface area contributed by atoms with E-state index in [1.54, 1.807) is 59.6 Å². The van der Waals surface area contributed by atoms with Gasteiger partial charge in [0, 0.05) is 30.8 Å². The molecule has 2 nitrogen and oxygen atoms in total. The average molecular weight is 683 g/mol. The number of rotatable bonds is 6. The van der Waals surface area contributed by atoms with Crippen LogP contribution in [0.15, 0.2) is 124 Å². The molecule has 0 N–H and O–H groups in total. The van der Waals surface area contributed by atoms with Gasteiger partial charge in [0.05, 0.1) is 12.5 Å². The molecule has 2 aromatic heterocycles. The van der Waals surface area contributed by atoms with Gasteiger partial charge in [0.2, 0.25) is 0 Å². The quantitative estimate of drug-likeness (QED) is 0.466.